The first-order valence-electron chi connectivity index (χ1n) is 10.7. The van der Waals surface area contributed by atoms with Crippen molar-refractivity contribution >= 4 is 18.0 Å². The Balaban J connectivity index is 1.54. The zero-order chi connectivity index (χ0) is 23.5. The summed E-state index contributed by atoms with van der Waals surface area (Å²) < 4.78 is 5.49. The van der Waals surface area contributed by atoms with Crippen molar-refractivity contribution in [2.45, 2.75) is 52.1 Å². The third-order valence-corrected chi connectivity index (χ3v) is 5.62. The van der Waals surface area contributed by atoms with E-state index >= 15 is 0 Å². The molecule has 0 saturated heterocycles. The molecule has 2 atom stereocenters. The van der Waals surface area contributed by atoms with E-state index in [4.69, 9.17) is 4.74 Å². The number of ether oxygens (including phenoxy) is 1. The van der Waals surface area contributed by atoms with Gasteiger partial charge >= 0.3 is 12.1 Å². The molecule has 1 unspecified atom stereocenters. The highest BCUT2D eigenvalue weighted by Crippen LogP contribution is 2.44. The fourth-order valence-electron chi connectivity index (χ4n) is 4.04. The van der Waals surface area contributed by atoms with Crippen LogP contribution < -0.4 is 10.6 Å². The molecule has 0 heterocycles. The molecule has 7 nitrogen and oxygen atoms in total. The van der Waals surface area contributed by atoms with Crippen molar-refractivity contribution in [3.8, 4) is 11.1 Å². The van der Waals surface area contributed by atoms with E-state index in [1.165, 1.54) is 0 Å². The maximum atomic E-state index is 12.3. The maximum Gasteiger partial charge on any atom is 0.407 e. The van der Waals surface area contributed by atoms with Gasteiger partial charge < -0.3 is 20.5 Å². The average Bonchev–Trinajstić information content (AvgIpc) is 3.03. The molecule has 0 aliphatic heterocycles. The van der Waals surface area contributed by atoms with Gasteiger partial charge in [0.1, 0.15) is 12.6 Å². The summed E-state index contributed by atoms with van der Waals surface area (Å²) in [6.45, 7) is 7.08. The van der Waals surface area contributed by atoms with E-state index in [-0.39, 0.29) is 18.9 Å². The molecule has 1 aliphatic carbocycles. The van der Waals surface area contributed by atoms with E-state index in [2.05, 4.69) is 22.8 Å². The standard InChI is InChI=1S/C25H30N2O5/c1-15(13-21(28)27-22(23(29)30)25(2,3)4)26-24(31)32-14-20-18-11-7-5-9-16(18)17-10-6-8-12-19(17)20/h5-12,15,20,22H,13-14H2,1-4H3,(H,26,31)(H,27,28)(H,29,30)/t15-,22?/m1/s1. The third-order valence-electron chi connectivity index (χ3n) is 5.62. The van der Waals surface area contributed by atoms with Crippen molar-refractivity contribution in [2.24, 2.45) is 5.41 Å². The summed E-state index contributed by atoms with van der Waals surface area (Å²) in [7, 11) is 0. The van der Waals surface area contributed by atoms with Crippen LogP contribution in [0.5, 0.6) is 0 Å². The molecule has 7 heteroatoms. The fraction of sp³-hybridized carbons (Fsp3) is 0.400. The number of fused-ring (bicyclic) bond motifs is 3. The van der Waals surface area contributed by atoms with Gasteiger partial charge in [-0.15, -0.1) is 0 Å². The highest BCUT2D eigenvalue weighted by molar-refractivity contribution is 5.84. The van der Waals surface area contributed by atoms with E-state index < -0.39 is 35.5 Å². The predicted molar refractivity (Wildman–Crippen MR) is 121 cm³/mol. The molecule has 0 spiro atoms. The van der Waals surface area contributed by atoms with E-state index in [0.29, 0.717) is 0 Å². The SMILES string of the molecule is C[C@H](CC(=O)NC(C(=O)O)C(C)(C)C)NC(=O)OCC1c2ccccc2-c2ccccc21. The van der Waals surface area contributed by atoms with Crippen LogP contribution in [0.2, 0.25) is 0 Å². The van der Waals surface area contributed by atoms with Gasteiger partial charge in [0, 0.05) is 18.4 Å². The van der Waals surface area contributed by atoms with Crippen molar-refractivity contribution < 1.29 is 24.2 Å². The van der Waals surface area contributed by atoms with Crippen LogP contribution in [0.1, 0.15) is 51.2 Å². The molecule has 3 rings (SSSR count). The molecule has 0 saturated carbocycles. The number of carbonyl (C=O) groups is 3. The lowest BCUT2D eigenvalue weighted by Gasteiger charge is -2.28. The molecular weight excluding hydrogens is 408 g/mol. The third kappa shape index (κ3) is 5.28. The fourth-order valence-corrected chi connectivity index (χ4v) is 4.04. The second-order valence-electron chi connectivity index (χ2n) is 9.28. The number of alkyl carbamates (subject to hydrolysis) is 1. The molecular formula is C25H30N2O5. The summed E-state index contributed by atoms with van der Waals surface area (Å²) in [5, 5.41) is 14.5. The summed E-state index contributed by atoms with van der Waals surface area (Å²) in [6, 6.07) is 14.6. The molecule has 170 valence electrons. The van der Waals surface area contributed by atoms with Crippen molar-refractivity contribution in [1.29, 1.82) is 0 Å². The Kier molecular flexibility index (Phi) is 6.87. The van der Waals surface area contributed by atoms with E-state index in [0.717, 1.165) is 22.3 Å². The summed E-state index contributed by atoms with van der Waals surface area (Å²) in [6.07, 6.45) is -0.665. The van der Waals surface area contributed by atoms with E-state index in [9.17, 15) is 19.5 Å². The molecule has 2 aromatic carbocycles. The van der Waals surface area contributed by atoms with Crippen molar-refractivity contribution in [3.05, 3.63) is 59.7 Å². The molecule has 3 N–H and O–H groups in total. The minimum absolute atomic E-state index is 0.0464. The number of amides is 2. The summed E-state index contributed by atoms with van der Waals surface area (Å²) >= 11 is 0. The first-order valence-corrected chi connectivity index (χ1v) is 10.7. The Hall–Kier alpha value is -3.35. The topological polar surface area (TPSA) is 105 Å². The second kappa shape index (κ2) is 9.42. The number of nitrogens with one attached hydrogen (secondary N) is 2. The lowest BCUT2D eigenvalue weighted by atomic mass is 9.86. The first kappa shape index (κ1) is 23.3. The Morgan fingerprint density at radius 3 is 2.00 bits per heavy atom. The van der Waals surface area contributed by atoms with Crippen LogP contribution >= 0.6 is 0 Å². The van der Waals surface area contributed by atoms with Crippen LogP contribution in [0.3, 0.4) is 0 Å². The van der Waals surface area contributed by atoms with Crippen LogP contribution in [0.15, 0.2) is 48.5 Å². The Morgan fingerprint density at radius 1 is 0.969 bits per heavy atom. The van der Waals surface area contributed by atoms with Crippen LogP contribution in [0, 0.1) is 5.41 Å². The number of hydrogen-bond acceptors (Lipinski definition) is 4. The van der Waals surface area contributed by atoms with Gasteiger partial charge in [-0.25, -0.2) is 9.59 Å². The van der Waals surface area contributed by atoms with E-state index in [1.807, 2.05) is 36.4 Å². The Labute approximate surface area is 188 Å². The van der Waals surface area contributed by atoms with Crippen LogP contribution in [0.4, 0.5) is 4.79 Å². The van der Waals surface area contributed by atoms with Crippen molar-refractivity contribution in [1.82, 2.24) is 10.6 Å². The summed E-state index contributed by atoms with van der Waals surface area (Å²) in [5.41, 5.74) is 3.90. The minimum Gasteiger partial charge on any atom is -0.480 e. The van der Waals surface area contributed by atoms with Gasteiger partial charge in [-0.2, -0.15) is 0 Å². The van der Waals surface area contributed by atoms with Gasteiger partial charge in [-0.1, -0.05) is 69.3 Å². The van der Waals surface area contributed by atoms with Gasteiger partial charge in [0.15, 0.2) is 0 Å². The zero-order valence-corrected chi connectivity index (χ0v) is 18.8. The van der Waals surface area contributed by atoms with Crippen LogP contribution in [-0.2, 0) is 14.3 Å². The van der Waals surface area contributed by atoms with Crippen molar-refractivity contribution in [3.63, 3.8) is 0 Å². The number of benzene rings is 2. The number of rotatable bonds is 7. The number of hydrogen-bond donors (Lipinski definition) is 3. The lowest BCUT2D eigenvalue weighted by molar-refractivity contribution is -0.145. The first-order chi connectivity index (χ1) is 15.1. The van der Waals surface area contributed by atoms with Gasteiger partial charge in [0.2, 0.25) is 5.91 Å². The second-order valence-corrected chi connectivity index (χ2v) is 9.28. The lowest BCUT2D eigenvalue weighted by Crippen LogP contribution is -2.50. The summed E-state index contributed by atoms with van der Waals surface area (Å²) in [4.78, 5) is 36.0. The average molecular weight is 439 g/mol. The monoisotopic (exact) mass is 438 g/mol. The Bertz CT molecular complexity index is 966. The normalized spacial score (nSPS) is 14.6. The Morgan fingerprint density at radius 2 is 1.50 bits per heavy atom. The number of carbonyl (C=O) groups excluding carboxylic acids is 2. The number of carboxylic acid groups (broad SMARTS) is 1. The molecule has 0 radical (unpaired) electrons. The number of carboxylic acids is 1. The van der Waals surface area contributed by atoms with Crippen molar-refractivity contribution in [2.75, 3.05) is 6.61 Å². The molecule has 2 amide bonds. The van der Waals surface area contributed by atoms with Gasteiger partial charge in [0.25, 0.3) is 0 Å². The van der Waals surface area contributed by atoms with Gasteiger partial charge in [-0.3, -0.25) is 4.79 Å². The van der Waals surface area contributed by atoms with Gasteiger partial charge in [-0.05, 0) is 34.6 Å². The molecule has 2 aromatic rings. The molecule has 32 heavy (non-hydrogen) atoms. The highest BCUT2D eigenvalue weighted by atomic mass is 16.5. The largest absolute Gasteiger partial charge is 0.480 e. The molecule has 1 aliphatic rings. The maximum absolute atomic E-state index is 12.3. The molecule has 0 bridgehead atoms. The van der Waals surface area contributed by atoms with Gasteiger partial charge in [0.05, 0.1) is 0 Å². The molecule has 0 aromatic heterocycles. The molecule has 0 fully saturated rings. The smallest absolute Gasteiger partial charge is 0.407 e. The van der Waals surface area contributed by atoms with Crippen LogP contribution in [-0.4, -0.2) is 41.8 Å². The predicted octanol–water partition coefficient (Wildman–Crippen LogP) is 3.92. The summed E-state index contributed by atoms with van der Waals surface area (Å²) in [5.74, 6) is -1.59. The zero-order valence-electron chi connectivity index (χ0n) is 18.8. The highest BCUT2D eigenvalue weighted by Gasteiger charge is 2.33. The minimum atomic E-state index is -1.09. The van der Waals surface area contributed by atoms with E-state index in [1.54, 1.807) is 27.7 Å². The quantitative estimate of drug-likeness (QED) is 0.608. The van der Waals surface area contributed by atoms with Crippen LogP contribution in [0.25, 0.3) is 11.1 Å². The number of aliphatic carboxylic acids is 1.